The first-order valence-corrected chi connectivity index (χ1v) is 3.54. The molecule has 0 atom stereocenters. The zero-order valence-electron chi connectivity index (χ0n) is 6.78. The highest BCUT2D eigenvalue weighted by atomic mass is 16.3. The maximum atomic E-state index is 8.74. The fourth-order valence-corrected chi connectivity index (χ4v) is 0.947. The smallest absolute Gasteiger partial charge is 0.0885 e. The third kappa shape index (κ3) is 1.68. The van der Waals surface area contributed by atoms with E-state index < -0.39 is 0 Å². The minimum Gasteiger partial charge on any atom is -0.390 e. The van der Waals surface area contributed by atoms with Crippen molar-refractivity contribution in [1.29, 1.82) is 0 Å². The molecule has 1 heterocycles. The van der Waals surface area contributed by atoms with Crippen molar-refractivity contribution >= 4 is 6.08 Å². The minimum atomic E-state index is 0.00535. The molecule has 0 fully saturated rings. The lowest BCUT2D eigenvalue weighted by molar-refractivity contribution is 0.275. The summed E-state index contributed by atoms with van der Waals surface area (Å²) in [5.41, 5.74) is 1.72. The molecule has 1 rings (SSSR count). The van der Waals surface area contributed by atoms with Crippen LogP contribution in [0.3, 0.4) is 0 Å². The quantitative estimate of drug-likeness (QED) is 0.685. The molecular weight excluding hydrogens is 140 g/mol. The van der Waals surface area contributed by atoms with E-state index in [0.29, 0.717) is 5.69 Å². The Hall–Kier alpha value is -1.09. The van der Waals surface area contributed by atoms with E-state index in [1.54, 1.807) is 4.68 Å². The first-order valence-electron chi connectivity index (χ1n) is 3.54. The first-order chi connectivity index (χ1) is 5.27. The lowest BCUT2D eigenvalue weighted by atomic mass is 10.3. The van der Waals surface area contributed by atoms with Gasteiger partial charge in [0.25, 0.3) is 0 Å². The summed E-state index contributed by atoms with van der Waals surface area (Å²) >= 11 is 0. The molecule has 3 heteroatoms. The first kappa shape index (κ1) is 8.01. The largest absolute Gasteiger partial charge is 0.390 e. The van der Waals surface area contributed by atoms with Crippen LogP contribution in [-0.4, -0.2) is 14.9 Å². The Bertz CT molecular complexity index is 263. The average molecular weight is 152 g/mol. The average Bonchev–Trinajstić information content (AvgIpc) is 2.33. The number of nitrogens with zero attached hydrogens (tertiary/aromatic N) is 2. The number of aliphatic hydroxyl groups excluding tert-OH is 1. The van der Waals surface area contributed by atoms with Gasteiger partial charge in [0.2, 0.25) is 0 Å². The van der Waals surface area contributed by atoms with Crippen molar-refractivity contribution in [3.63, 3.8) is 0 Å². The van der Waals surface area contributed by atoms with E-state index in [0.717, 1.165) is 5.69 Å². The van der Waals surface area contributed by atoms with E-state index in [1.165, 1.54) is 0 Å². The highest BCUT2D eigenvalue weighted by Gasteiger charge is 1.98. The molecule has 0 aromatic carbocycles. The Balaban J connectivity index is 2.97. The molecule has 1 aromatic rings. The van der Waals surface area contributed by atoms with E-state index >= 15 is 0 Å². The van der Waals surface area contributed by atoms with Gasteiger partial charge < -0.3 is 5.11 Å². The van der Waals surface area contributed by atoms with Crippen LogP contribution in [0.5, 0.6) is 0 Å². The molecule has 1 N–H and O–H groups in total. The maximum absolute atomic E-state index is 8.74. The highest BCUT2D eigenvalue weighted by Crippen LogP contribution is 2.04. The van der Waals surface area contributed by atoms with Crippen molar-refractivity contribution in [2.75, 3.05) is 0 Å². The predicted octanol–water partition coefficient (Wildman–Crippen LogP) is 0.946. The highest BCUT2D eigenvalue weighted by molar-refractivity contribution is 5.44. The van der Waals surface area contributed by atoms with Crippen molar-refractivity contribution in [1.82, 2.24) is 9.78 Å². The number of allylic oxidation sites excluding steroid dienone is 1. The second-order valence-corrected chi connectivity index (χ2v) is 2.34. The molecule has 0 bridgehead atoms. The van der Waals surface area contributed by atoms with Crippen LogP contribution in [0.1, 0.15) is 18.3 Å². The van der Waals surface area contributed by atoms with Gasteiger partial charge in [-0.3, -0.25) is 4.68 Å². The van der Waals surface area contributed by atoms with E-state index in [1.807, 2.05) is 32.2 Å². The van der Waals surface area contributed by atoms with Crippen LogP contribution in [0.15, 0.2) is 12.1 Å². The van der Waals surface area contributed by atoms with Crippen LogP contribution < -0.4 is 0 Å². The van der Waals surface area contributed by atoms with Crippen molar-refractivity contribution < 1.29 is 5.11 Å². The van der Waals surface area contributed by atoms with Gasteiger partial charge in [0.15, 0.2) is 0 Å². The summed E-state index contributed by atoms with van der Waals surface area (Å²) in [7, 11) is 1.86. The summed E-state index contributed by atoms with van der Waals surface area (Å²) in [6, 6.07) is 1.86. The Morgan fingerprint density at radius 1 is 1.73 bits per heavy atom. The second kappa shape index (κ2) is 3.34. The number of aromatic nitrogens is 2. The third-order valence-electron chi connectivity index (χ3n) is 1.47. The van der Waals surface area contributed by atoms with Crippen molar-refractivity contribution in [2.24, 2.45) is 7.05 Å². The number of hydrogen-bond acceptors (Lipinski definition) is 2. The molecule has 0 unspecified atom stereocenters. The maximum Gasteiger partial charge on any atom is 0.0885 e. The molecule has 3 nitrogen and oxygen atoms in total. The molecule has 0 saturated heterocycles. The lowest BCUT2D eigenvalue weighted by Crippen LogP contribution is -1.93. The summed E-state index contributed by atoms with van der Waals surface area (Å²) in [5.74, 6) is 0. The predicted molar refractivity (Wildman–Crippen MR) is 43.8 cm³/mol. The van der Waals surface area contributed by atoms with Gasteiger partial charge in [-0.2, -0.15) is 5.10 Å². The van der Waals surface area contributed by atoms with Gasteiger partial charge in [0.05, 0.1) is 18.0 Å². The Kier molecular flexibility index (Phi) is 2.44. The molecular formula is C8H12N2O. The van der Waals surface area contributed by atoms with Gasteiger partial charge in [0.1, 0.15) is 0 Å². The van der Waals surface area contributed by atoms with Gasteiger partial charge in [-0.25, -0.2) is 0 Å². The molecule has 11 heavy (non-hydrogen) atoms. The number of hydrogen-bond donors (Lipinski definition) is 1. The number of aryl methyl sites for hydroxylation is 1. The molecule has 0 spiro atoms. The molecule has 60 valence electrons. The fraction of sp³-hybridized carbons (Fsp3) is 0.375. The number of rotatable bonds is 2. The van der Waals surface area contributed by atoms with Gasteiger partial charge >= 0.3 is 0 Å². The third-order valence-corrected chi connectivity index (χ3v) is 1.47. The van der Waals surface area contributed by atoms with Crippen molar-refractivity contribution in [3.8, 4) is 0 Å². The zero-order chi connectivity index (χ0) is 8.27. The van der Waals surface area contributed by atoms with Crippen LogP contribution >= 0.6 is 0 Å². The molecule has 1 aromatic heterocycles. The van der Waals surface area contributed by atoms with Crippen LogP contribution in [-0.2, 0) is 13.7 Å². The Morgan fingerprint density at radius 2 is 2.45 bits per heavy atom. The van der Waals surface area contributed by atoms with Crippen molar-refractivity contribution in [3.05, 3.63) is 23.5 Å². The van der Waals surface area contributed by atoms with Gasteiger partial charge in [-0.1, -0.05) is 6.08 Å². The zero-order valence-corrected chi connectivity index (χ0v) is 6.78. The molecule has 0 aliphatic carbocycles. The minimum absolute atomic E-state index is 0.00535. The van der Waals surface area contributed by atoms with E-state index in [9.17, 15) is 0 Å². The SMILES string of the molecule is C/C=C/c1cc(CO)nn1C. The van der Waals surface area contributed by atoms with Gasteiger partial charge in [-0.05, 0) is 19.1 Å². The molecule has 0 aliphatic rings. The van der Waals surface area contributed by atoms with E-state index in [2.05, 4.69) is 5.10 Å². The monoisotopic (exact) mass is 152 g/mol. The molecule has 0 radical (unpaired) electrons. The Labute approximate surface area is 66.0 Å². The summed E-state index contributed by atoms with van der Waals surface area (Å²) in [5, 5.41) is 12.8. The van der Waals surface area contributed by atoms with Crippen LogP contribution in [0.2, 0.25) is 0 Å². The second-order valence-electron chi connectivity index (χ2n) is 2.34. The van der Waals surface area contributed by atoms with E-state index in [-0.39, 0.29) is 6.61 Å². The Morgan fingerprint density at radius 3 is 2.91 bits per heavy atom. The lowest BCUT2D eigenvalue weighted by Gasteiger charge is -1.90. The van der Waals surface area contributed by atoms with Crippen LogP contribution in [0.4, 0.5) is 0 Å². The summed E-state index contributed by atoms with van der Waals surface area (Å²) in [4.78, 5) is 0. The standard InChI is InChI=1S/C8H12N2O/c1-3-4-8-5-7(6-11)9-10(8)2/h3-5,11H,6H2,1-2H3/b4-3+. The fourth-order valence-electron chi connectivity index (χ4n) is 0.947. The summed E-state index contributed by atoms with van der Waals surface area (Å²) < 4.78 is 1.74. The molecule has 0 saturated carbocycles. The molecule has 0 amide bonds. The van der Waals surface area contributed by atoms with Crippen LogP contribution in [0.25, 0.3) is 6.08 Å². The van der Waals surface area contributed by atoms with Gasteiger partial charge in [0, 0.05) is 7.05 Å². The number of aliphatic hydroxyl groups is 1. The van der Waals surface area contributed by atoms with Crippen molar-refractivity contribution in [2.45, 2.75) is 13.5 Å². The van der Waals surface area contributed by atoms with E-state index in [4.69, 9.17) is 5.11 Å². The molecule has 0 aliphatic heterocycles. The van der Waals surface area contributed by atoms with Crippen LogP contribution in [0, 0.1) is 0 Å². The van der Waals surface area contributed by atoms with Gasteiger partial charge in [-0.15, -0.1) is 0 Å². The topological polar surface area (TPSA) is 38.1 Å². The summed E-state index contributed by atoms with van der Waals surface area (Å²) in [6.07, 6.45) is 3.89. The normalized spacial score (nSPS) is 11.2. The summed E-state index contributed by atoms with van der Waals surface area (Å²) in [6.45, 7) is 1.96.